The lowest BCUT2D eigenvalue weighted by molar-refractivity contribution is 0.0782. The van der Waals surface area contributed by atoms with E-state index in [9.17, 15) is 9.59 Å². The number of amides is 2. The first kappa shape index (κ1) is 21.4. The Hall–Kier alpha value is -2.79. The maximum Gasteiger partial charge on any atom is 0.270 e. The summed E-state index contributed by atoms with van der Waals surface area (Å²) < 4.78 is 2.13. The van der Waals surface area contributed by atoms with Gasteiger partial charge >= 0.3 is 0 Å². The summed E-state index contributed by atoms with van der Waals surface area (Å²) in [5, 5.41) is 4.29. The largest absolute Gasteiger partial charge is 0.337 e. The van der Waals surface area contributed by atoms with Crippen molar-refractivity contribution in [3.63, 3.8) is 0 Å². The quantitative estimate of drug-likeness (QED) is 0.527. The van der Waals surface area contributed by atoms with Crippen LogP contribution in [-0.2, 0) is 6.54 Å². The number of nitrogens with zero attached hydrogens (tertiary/aromatic N) is 2. The summed E-state index contributed by atoms with van der Waals surface area (Å²) in [6.07, 6.45) is 3.13. The second-order valence-corrected chi connectivity index (χ2v) is 8.98. The summed E-state index contributed by atoms with van der Waals surface area (Å²) in [7, 11) is 0. The SMILES string of the molecule is CC(C)CCn1c(C(=O)N2CCCC2)cc2cc(NC(=O)c3ccccc3Cl)ccc21. The van der Waals surface area contributed by atoms with Crippen LogP contribution in [0.4, 0.5) is 5.69 Å². The average molecular weight is 438 g/mol. The van der Waals surface area contributed by atoms with E-state index in [1.807, 2.05) is 29.2 Å². The van der Waals surface area contributed by atoms with Crippen molar-refractivity contribution in [2.75, 3.05) is 18.4 Å². The molecule has 1 aromatic heterocycles. The number of carbonyl (C=O) groups excluding carboxylic acids is 2. The standard InChI is InChI=1S/C25H28ClN3O2/c1-17(2)11-14-29-22-10-9-19(27-24(30)20-7-3-4-8-21(20)26)15-18(22)16-23(29)25(31)28-12-5-6-13-28/h3-4,7-10,15-17H,5-6,11-14H2,1-2H3,(H,27,30). The van der Waals surface area contributed by atoms with Crippen LogP contribution in [0, 0.1) is 5.92 Å². The van der Waals surface area contributed by atoms with Crippen LogP contribution < -0.4 is 5.32 Å². The lowest BCUT2D eigenvalue weighted by Gasteiger charge is -2.18. The van der Waals surface area contributed by atoms with Gasteiger partial charge in [-0.25, -0.2) is 0 Å². The van der Waals surface area contributed by atoms with Crippen LogP contribution in [0.5, 0.6) is 0 Å². The molecule has 31 heavy (non-hydrogen) atoms. The normalized spacial score (nSPS) is 13.9. The van der Waals surface area contributed by atoms with Gasteiger partial charge in [-0.15, -0.1) is 0 Å². The molecule has 1 aliphatic rings. The summed E-state index contributed by atoms with van der Waals surface area (Å²) in [5.74, 6) is 0.387. The zero-order chi connectivity index (χ0) is 22.0. The lowest BCUT2D eigenvalue weighted by Crippen LogP contribution is -2.29. The second-order valence-electron chi connectivity index (χ2n) is 8.57. The Bertz CT molecular complexity index is 1110. The number of benzene rings is 2. The van der Waals surface area contributed by atoms with Gasteiger partial charge < -0.3 is 14.8 Å². The number of fused-ring (bicyclic) bond motifs is 1. The highest BCUT2D eigenvalue weighted by atomic mass is 35.5. The van der Waals surface area contributed by atoms with Crippen molar-refractivity contribution in [3.8, 4) is 0 Å². The summed E-state index contributed by atoms with van der Waals surface area (Å²) in [4.78, 5) is 27.8. The molecule has 3 aromatic rings. The lowest BCUT2D eigenvalue weighted by atomic mass is 10.1. The van der Waals surface area contributed by atoms with Crippen molar-refractivity contribution in [1.29, 1.82) is 0 Å². The van der Waals surface area contributed by atoms with E-state index in [1.54, 1.807) is 24.3 Å². The van der Waals surface area contributed by atoms with Crippen molar-refractivity contribution in [3.05, 3.63) is 64.8 Å². The minimum atomic E-state index is -0.252. The van der Waals surface area contributed by atoms with Gasteiger partial charge in [-0.1, -0.05) is 37.6 Å². The first-order valence-corrected chi connectivity index (χ1v) is 11.3. The third-order valence-corrected chi connectivity index (χ3v) is 6.15. The number of rotatable bonds is 6. The zero-order valence-corrected chi connectivity index (χ0v) is 18.8. The Balaban J connectivity index is 1.66. The molecule has 0 spiro atoms. The first-order chi connectivity index (χ1) is 14.9. The van der Waals surface area contributed by atoms with Crippen molar-refractivity contribution < 1.29 is 9.59 Å². The molecule has 0 atom stereocenters. The third kappa shape index (κ3) is 4.62. The fourth-order valence-corrected chi connectivity index (χ4v) is 4.30. The first-order valence-electron chi connectivity index (χ1n) is 10.9. The van der Waals surface area contributed by atoms with Crippen LogP contribution in [0.3, 0.4) is 0 Å². The van der Waals surface area contributed by atoms with Crippen LogP contribution in [0.25, 0.3) is 10.9 Å². The molecule has 2 heterocycles. The monoisotopic (exact) mass is 437 g/mol. The molecule has 0 saturated carbocycles. The van der Waals surface area contributed by atoms with Gasteiger partial charge in [-0.3, -0.25) is 9.59 Å². The number of aryl methyl sites for hydroxylation is 1. The smallest absolute Gasteiger partial charge is 0.270 e. The van der Waals surface area contributed by atoms with E-state index in [2.05, 4.69) is 23.7 Å². The van der Waals surface area contributed by atoms with Gasteiger partial charge in [0.05, 0.1) is 10.6 Å². The summed E-state index contributed by atoms with van der Waals surface area (Å²) in [6.45, 7) is 6.82. The topological polar surface area (TPSA) is 54.3 Å². The summed E-state index contributed by atoms with van der Waals surface area (Å²) in [5.41, 5.74) is 2.85. The van der Waals surface area contributed by atoms with Gasteiger partial charge in [0.15, 0.2) is 0 Å². The highest BCUT2D eigenvalue weighted by Gasteiger charge is 2.24. The number of hydrogen-bond acceptors (Lipinski definition) is 2. The molecule has 6 heteroatoms. The maximum atomic E-state index is 13.2. The number of likely N-dealkylation sites (tertiary alicyclic amines) is 1. The van der Waals surface area contributed by atoms with Gasteiger partial charge in [0, 0.05) is 36.2 Å². The Morgan fingerprint density at radius 3 is 2.52 bits per heavy atom. The zero-order valence-electron chi connectivity index (χ0n) is 18.0. The fourth-order valence-electron chi connectivity index (χ4n) is 4.08. The van der Waals surface area contributed by atoms with Gasteiger partial charge in [-0.05, 0) is 61.6 Å². The van der Waals surface area contributed by atoms with E-state index in [0.29, 0.717) is 22.2 Å². The Morgan fingerprint density at radius 2 is 1.81 bits per heavy atom. The van der Waals surface area contributed by atoms with E-state index < -0.39 is 0 Å². The Kier molecular flexibility index (Phi) is 6.33. The minimum Gasteiger partial charge on any atom is -0.337 e. The van der Waals surface area contributed by atoms with E-state index >= 15 is 0 Å². The van der Waals surface area contributed by atoms with Gasteiger partial charge in [0.25, 0.3) is 11.8 Å². The second kappa shape index (κ2) is 9.15. The van der Waals surface area contributed by atoms with Crippen LogP contribution in [0.1, 0.15) is 54.0 Å². The molecular formula is C25H28ClN3O2. The molecule has 1 fully saturated rings. The maximum absolute atomic E-state index is 13.2. The molecule has 162 valence electrons. The molecule has 0 aliphatic carbocycles. The predicted octanol–water partition coefficient (Wildman–Crippen LogP) is 5.83. The molecule has 0 radical (unpaired) electrons. The highest BCUT2D eigenvalue weighted by Crippen LogP contribution is 2.27. The highest BCUT2D eigenvalue weighted by molar-refractivity contribution is 6.34. The molecule has 4 rings (SSSR count). The average Bonchev–Trinajstić information content (AvgIpc) is 3.40. The van der Waals surface area contributed by atoms with Crippen LogP contribution >= 0.6 is 11.6 Å². The predicted molar refractivity (Wildman–Crippen MR) is 126 cm³/mol. The molecule has 0 bridgehead atoms. The van der Waals surface area contributed by atoms with Crippen LogP contribution in [-0.4, -0.2) is 34.4 Å². The number of nitrogens with one attached hydrogen (secondary N) is 1. The fraction of sp³-hybridized carbons (Fsp3) is 0.360. The molecule has 1 saturated heterocycles. The molecule has 5 nitrogen and oxygen atoms in total. The number of halogens is 1. The molecule has 1 aliphatic heterocycles. The Labute approximate surface area is 188 Å². The molecular weight excluding hydrogens is 410 g/mol. The van der Waals surface area contributed by atoms with Gasteiger partial charge in [0.1, 0.15) is 5.69 Å². The molecule has 2 amide bonds. The summed E-state index contributed by atoms with van der Waals surface area (Å²) in [6, 6.07) is 14.7. The van der Waals surface area contributed by atoms with E-state index in [0.717, 1.165) is 55.5 Å². The molecule has 2 aromatic carbocycles. The van der Waals surface area contributed by atoms with E-state index in [1.165, 1.54) is 0 Å². The van der Waals surface area contributed by atoms with Crippen molar-refractivity contribution >= 4 is 40.0 Å². The van der Waals surface area contributed by atoms with E-state index in [-0.39, 0.29) is 11.8 Å². The summed E-state index contributed by atoms with van der Waals surface area (Å²) >= 11 is 6.16. The van der Waals surface area contributed by atoms with Crippen molar-refractivity contribution in [2.24, 2.45) is 5.92 Å². The minimum absolute atomic E-state index is 0.0964. The van der Waals surface area contributed by atoms with Crippen molar-refractivity contribution in [1.82, 2.24) is 9.47 Å². The van der Waals surface area contributed by atoms with Crippen molar-refractivity contribution in [2.45, 2.75) is 39.7 Å². The van der Waals surface area contributed by atoms with Crippen LogP contribution in [0.2, 0.25) is 5.02 Å². The number of anilines is 1. The number of hydrogen-bond donors (Lipinski definition) is 1. The number of carbonyl (C=O) groups is 2. The van der Waals surface area contributed by atoms with Gasteiger partial charge in [-0.2, -0.15) is 0 Å². The van der Waals surface area contributed by atoms with E-state index in [4.69, 9.17) is 11.6 Å². The third-order valence-electron chi connectivity index (χ3n) is 5.82. The molecule has 0 unspecified atom stereocenters. The molecule has 1 N–H and O–H groups in total. The number of aromatic nitrogens is 1. The van der Waals surface area contributed by atoms with Gasteiger partial charge in [0.2, 0.25) is 0 Å². The van der Waals surface area contributed by atoms with Crippen LogP contribution in [0.15, 0.2) is 48.5 Å². The Morgan fingerprint density at radius 1 is 1.06 bits per heavy atom.